The molecular weight excluding hydrogens is 346 g/mol. The van der Waals surface area contributed by atoms with E-state index in [0.29, 0.717) is 50.8 Å². The van der Waals surface area contributed by atoms with E-state index < -0.39 is 10.2 Å². The molecule has 0 saturated carbocycles. The molecule has 1 N–H and O–H groups in total. The molecule has 9 nitrogen and oxygen atoms in total. The zero-order valence-corrected chi connectivity index (χ0v) is 15.3. The fourth-order valence-corrected chi connectivity index (χ4v) is 4.84. The number of hydrogen-bond acceptors (Lipinski definition) is 5. The molecule has 2 fully saturated rings. The Balaban J connectivity index is 1.54. The van der Waals surface area contributed by atoms with E-state index in [1.807, 2.05) is 0 Å². The van der Waals surface area contributed by atoms with Crippen molar-refractivity contribution >= 4 is 22.1 Å². The lowest BCUT2D eigenvalue weighted by Crippen LogP contribution is -2.55. The van der Waals surface area contributed by atoms with Crippen molar-refractivity contribution < 1.29 is 17.7 Å². The summed E-state index contributed by atoms with van der Waals surface area (Å²) < 4.78 is 33.5. The predicted octanol–water partition coefficient (Wildman–Crippen LogP) is 1.25. The van der Waals surface area contributed by atoms with Gasteiger partial charge in [-0.25, -0.2) is 4.79 Å². The highest BCUT2D eigenvalue weighted by Crippen LogP contribution is 2.18. The highest BCUT2D eigenvalue weighted by molar-refractivity contribution is 7.86. The number of amides is 2. The van der Waals surface area contributed by atoms with Gasteiger partial charge in [-0.2, -0.15) is 17.0 Å². The van der Waals surface area contributed by atoms with Crippen LogP contribution < -0.4 is 5.32 Å². The van der Waals surface area contributed by atoms with Crippen LogP contribution in [0.25, 0.3) is 0 Å². The van der Waals surface area contributed by atoms with Gasteiger partial charge in [0.1, 0.15) is 5.76 Å². The summed E-state index contributed by atoms with van der Waals surface area (Å²) in [6.07, 6.45) is 4.00. The van der Waals surface area contributed by atoms with Gasteiger partial charge < -0.3 is 9.42 Å². The predicted molar refractivity (Wildman–Crippen MR) is 92.4 cm³/mol. The molecule has 0 atom stereocenters. The average molecular weight is 371 g/mol. The molecule has 10 heteroatoms. The molecule has 1 aromatic heterocycles. The number of aromatic nitrogens is 1. The van der Waals surface area contributed by atoms with E-state index in [2.05, 4.69) is 10.5 Å². The number of hydrogen-bond donors (Lipinski definition) is 1. The standard InChI is InChI=1S/C15H25N5O4S/c1-13-12-14(17-24-13)16-15(21)18-8-10-20(11-9-18)25(22,23)19-6-4-2-3-5-7-19/h12H,2-11H2,1H3,(H,16,17,21). The van der Waals surface area contributed by atoms with Gasteiger partial charge in [-0.05, 0) is 19.8 Å². The van der Waals surface area contributed by atoms with Crippen molar-refractivity contribution in [3.8, 4) is 0 Å². The molecule has 2 saturated heterocycles. The molecule has 140 valence electrons. The summed E-state index contributed by atoms with van der Waals surface area (Å²) in [4.78, 5) is 13.8. The molecule has 0 unspecified atom stereocenters. The first-order chi connectivity index (χ1) is 12.0. The normalized spacial score (nSPS) is 21.1. The Labute approximate surface area is 148 Å². The van der Waals surface area contributed by atoms with Gasteiger partial charge in [-0.1, -0.05) is 18.0 Å². The number of nitrogens with zero attached hydrogens (tertiary/aromatic N) is 4. The zero-order valence-electron chi connectivity index (χ0n) is 14.5. The summed E-state index contributed by atoms with van der Waals surface area (Å²) in [6, 6.07) is 1.35. The van der Waals surface area contributed by atoms with Crippen LogP contribution in [0, 0.1) is 6.92 Å². The highest BCUT2D eigenvalue weighted by Gasteiger charge is 2.33. The number of anilines is 1. The number of aryl methyl sites for hydroxylation is 1. The maximum atomic E-state index is 12.8. The van der Waals surface area contributed by atoms with E-state index in [9.17, 15) is 13.2 Å². The molecule has 0 spiro atoms. The van der Waals surface area contributed by atoms with Gasteiger partial charge in [-0.3, -0.25) is 5.32 Å². The lowest BCUT2D eigenvalue weighted by Gasteiger charge is -2.36. The number of urea groups is 1. The van der Waals surface area contributed by atoms with Crippen LogP contribution in [-0.2, 0) is 10.2 Å². The third-order valence-corrected chi connectivity index (χ3v) is 6.64. The lowest BCUT2D eigenvalue weighted by atomic mass is 10.2. The van der Waals surface area contributed by atoms with Crippen LogP contribution in [0.3, 0.4) is 0 Å². The molecule has 0 aromatic carbocycles. The lowest BCUT2D eigenvalue weighted by molar-refractivity contribution is 0.180. The van der Waals surface area contributed by atoms with Crippen molar-refractivity contribution in [2.24, 2.45) is 0 Å². The summed E-state index contributed by atoms with van der Waals surface area (Å²) in [5, 5.41) is 6.39. The Morgan fingerprint density at radius 2 is 1.64 bits per heavy atom. The molecule has 0 bridgehead atoms. The monoisotopic (exact) mass is 371 g/mol. The van der Waals surface area contributed by atoms with E-state index >= 15 is 0 Å². The fourth-order valence-electron chi connectivity index (χ4n) is 3.17. The van der Waals surface area contributed by atoms with E-state index in [1.165, 1.54) is 4.31 Å². The molecule has 0 radical (unpaired) electrons. The van der Waals surface area contributed by atoms with Crippen LogP contribution in [0.5, 0.6) is 0 Å². The van der Waals surface area contributed by atoms with Crippen molar-refractivity contribution in [1.82, 2.24) is 18.7 Å². The van der Waals surface area contributed by atoms with Crippen LogP contribution in [-0.4, -0.2) is 72.4 Å². The largest absolute Gasteiger partial charge is 0.360 e. The summed E-state index contributed by atoms with van der Waals surface area (Å²) in [5.74, 6) is 0.978. The number of rotatable bonds is 3. The first kappa shape index (κ1) is 18.2. The summed E-state index contributed by atoms with van der Waals surface area (Å²) in [5.41, 5.74) is 0. The van der Waals surface area contributed by atoms with Crippen molar-refractivity contribution in [3.05, 3.63) is 11.8 Å². The van der Waals surface area contributed by atoms with E-state index in [4.69, 9.17) is 4.52 Å². The molecule has 3 rings (SSSR count). The van der Waals surface area contributed by atoms with Crippen LogP contribution in [0.15, 0.2) is 10.6 Å². The van der Waals surface area contributed by atoms with Crippen LogP contribution in [0.1, 0.15) is 31.4 Å². The second-order valence-electron chi connectivity index (χ2n) is 6.46. The van der Waals surface area contributed by atoms with Gasteiger partial charge in [0.25, 0.3) is 10.2 Å². The Hall–Kier alpha value is -1.65. The van der Waals surface area contributed by atoms with Gasteiger partial charge in [0.15, 0.2) is 5.82 Å². The molecule has 0 aliphatic carbocycles. The number of nitrogens with one attached hydrogen (secondary N) is 1. The van der Waals surface area contributed by atoms with E-state index in [-0.39, 0.29) is 6.03 Å². The molecular formula is C15H25N5O4S. The Kier molecular flexibility index (Phi) is 5.60. The summed E-state index contributed by atoms with van der Waals surface area (Å²) in [7, 11) is -3.43. The smallest absolute Gasteiger partial charge is 0.323 e. The first-order valence-corrected chi connectivity index (χ1v) is 10.1. The van der Waals surface area contributed by atoms with Crippen LogP contribution in [0.2, 0.25) is 0 Å². The van der Waals surface area contributed by atoms with Gasteiger partial charge in [0.2, 0.25) is 0 Å². The number of piperazine rings is 1. The maximum absolute atomic E-state index is 12.8. The minimum absolute atomic E-state index is 0.292. The SMILES string of the molecule is Cc1cc(NC(=O)N2CCN(S(=O)(=O)N3CCCCCC3)CC2)no1. The number of carbonyl (C=O) groups excluding carboxylic acids is 1. The fraction of sp³-hybridized carbons (Fsp3) is 0.733. The zero-order chi connectivity index (χ0) is 17.9. The molecule has 2 aliphatic heterocycles. The van der Waals surface area contributed by atoms with Gasteiger partial charge >= 0.3 is 6.03 Å². The quantitative estimate of drug-likeness (QED) is 0.862. The summed E-state index contributed by atoms with van der Waals surface area (Å²) in [6.45, 7) is 4.26. The molecule has 1 aromatic rings. The van der Waals surface area contributed by atoms with Gasteiger partial charge in [0, 0.05) is 45.3 Å². The molecule has 25 heavy (non-hydrogen) atoms. The Morgan fingerprint density at radius 3 is 2.20 bits per heavy atom. The molecule has 2 aliphatic rings. The van der Waals surface area contributed by atoms with E-state index in [1.54, 1.807) is 22.2 Å². The summed E-state index contributed by atoms with van der Waals surface area (Å²) >= 11 is 0. The van der Waals surface area contributed by atoms with Crippen LogP contribution >= 0.6 is 0 Å². The van der Waals surface area contributed by atoms with Crippen molar-refractivity contribution in [2.45, 2.75) is 32.6 Å². The molecule has 3 heterocycles. The van der Waals surface area contributed by atoms with Gasteiger partial charge in [0.05, 0.1) is 0 Å². The van der Waals surface area contributed by atoms with Crippen LogP contribution in [0.4, 0.5) is 10.6 Å². The Bertz CT molecular complexity index is 689. The van der Waals surface area contributed by atoms with Gasteiger partial charge in [-0.15, -0.1) is 0 Å². The minimum atomic E-state index is -3.43. The maximum Gasteiger partial charge on any atom is 0.323 e. The topological polar surface area (TPSA) is 99.0 Å². The Morgan fingerprint density at radius 1 is 1.04 bits per heavy atom. The van der Waals surface area contributed by atoms with Crippen molar-refractivity contribution in [3.63, 3.8) is 0 Å². The second kappa shape index (κ2) is 7.71. The van der Waals surface area contributed by atoms with Crippen molar-refractivity contribution in [2.75, 3.05) is 44.6 Å². The third kappa shape index (κ3) is 4.31. The highest BCUT2D eigenvalue weighted by atomic mass is 32.2. The minimum Gasteiger partial charge on any atom is -0.360 e. The van der Waals surface area contributed by atoms with Crippen molar-refractivity contribution in [1.29, 1.82) is 0 Å². The average Bonchev–Trinajstić information content (AvgIpc) is 2.85. The van der Waals surface area contributed by atoms with E-state index in [0.717, 1.165) is 25.7 Å². The second-order valence-corrected chi connectivity index (χ2v) is 8.39. The number of carbonyl (C=O) groups is 1. The third-order valence-electron chi connectivity index (χ3n) is 4.61. The first-order valence-electron chi connectivity index (χ1n) is 8.71. The molecule has 2 amide bonds.